The molecule has 158 valence electrons. The lowest BCUT2D eigenvalue weighted by Crippen LogP contribution is -2.53. The number of hydrogen-bond acceptors (Lipinski definition) is 5. The molecule has 1 saturated heterocycles. The lowest BCUT2D eigenvalue weighted by atomic mass is 10.1. The lowest BCUT2D eigenvalue weighted by molar-refractivity contribution is 0.159. The average Bonchev–Trinajstić information content (AvgIpc) is 2.70. The van der Waals surface area contributed by atoms with Gasteiger partial charge in [-0.05, 0) is 48.7 Å². The first-order chi connectivity index (χ1) is 13.8. The minimum atomic E-state index is -3.10. The molecule has 1 aliphatic heterocycles. The van der Waals surface area contributed by atoms with Gasteiger partial charge >= 0.3 is 0 Å². The molecule has 2 unspecified atom stereocenters. The first-order valence-corrected chi connectivity index (χ1v) is 12.3. The van der Waals surface area contributed by atoms with Gasteiger partial charge in [0, 0.05) is 37.5 Å². The van der Waals surface area contributed by atoms with Crippen LogP contribution >= 0.6 is 11.6 Å². The largest absolute Gasteiger partial charge is 0.492 e. The van der Waals surface area contributed by atoms with Crippen LogP contribution in [0.2, 0.25) is 5.02 Å². The number of hydrogen-bond donors (Lipinski definition) is 1. The van der Waals surface area contributed by atoms with Crippen LogP contribution in [0.3, 0.4) is 0 Å². The lowest BCUT2D eigenvalue weighted by Gasteiger charge is -2.33. The Morgan fingerprint density at radius 2 is 2.00 bits per heavy atom. The molecule has 0 aliphatic carbocycles. The van der Waals surface area contributed by atoms with E-state index in [0.29, 0.717) is 6.61 Å². The van der Waals surface area contributed by atoms with Crippen LogP contribution in [0.1, 0.15) is 23.3 Å². The number of nitrogens with zero attached hydrogens (tertiary/aromatic N) is 1. The Balaban J connectivity index is 1.47. The molecule has 0 saturated carbocycles. The van der Waals surface area contributed by atoms with E-state index < -0.39 is 15.1 Å². The van der Waals surface area contributed by atoms with Crippen LogP contribution in [0.4, 0.5) is 0 Å². The molecule has 5 nitrogen and oxygen atoms in total. The molecular weight excluding hydrogens is 408 g/mol. The average molecular weight is 437 g/mol. The predicted molar refractivity (Wildman–Crippen MR) is 119 cm³/mol. The zero-order chi connectivity index (χ0) is 20.9. The van der Waals surface area contributed by atoms with Gasteiger partial charge in [-0.3, -0.25) is 0 Å². The fourth-order valence-corrected chi connectivity index (χ4v) is 4.33. The summed E-state index contributed by atoms with van der Waals surface area (Å²) in [6.07, 6.45) is 2.24. The molecule has 29 heavy (non-hydrogen) atoms. The summed E-state index contributed by atoms with van der Waals surface area (Å²) in [6.45, 7) is 6.17. The van der Waals surface area contributed by atoms with E-state index in [1.807, 2.05) is 42.5 Å². The first kappa shape index (κ1) is 22.1. The molecule has 1 N–H and O–H groups in total. The second-order valence-electron chi connectivity index (χ2n) is 7.68. The summed E-state index contributed by atoms with van der Waals surface area (Å²) >= 11 is 6.07. The Morgan fingerprint density at radius 3 is 2.69 bits per heavy atom. The van der Waals surface area contributed by atoms with Crippen LogP contribution in [0.15, 0.2) is 48.5 Å². The predicted octanol–water partition coefficient (Wildman–Crippen LogP) is 3.34. The zero-order valence-corrected chi connectivity index (χ0v) is 18.5. The van der Waals surface area contributed by atoms with Crippen LogP contribution in [0.5, 0.6) is 5.75 Å². The van der Waals surface area contributed by atoms with Crippen LogP contribution in [0.25, 0.3) is 0 Å². The molecule has 0 aromatic heterocycles. The van der Waals surface area contributed by atoms with Gasteiger partial charge < -0.3 is 15.0 Å². The summed E-state index contributed by atoms with van der Waals surface area (Å²) < 4.78 is 29.3. The van der Waals surface area contributed by atoms with E-state index in [2.05, 4.69) is 16.3 Å². The molecule has 0 amide bonds. The third kappa shape index (κ3) is 6.71. The van der Waals surface area contributed by atoms with Crippen molar-refractivity contribution in [3.8, 4) is 5.75 Å². The maximum absolute atomic E-state index is 11.7. The molecule has 1 heterocycles. The second kappa shape index (κ2) is 9.94. The van der Waals surface area contributed by atoms with Gasteiger partial charge in [0.25, 0.3) is 0 Å². The van der Waals surface area contributed by atoms with E-state index in [1.165, 1.54) is 11.8 Å². The third-order valence-corrected chi connectivity index (χ3v) is 7.18. The minimum Gasteiger partial charge on any atom is -0.492 e. The summed E-state index contributed by atoms with van der Waals surface area (Å²) in [6, 6.07) is 15.6. The number of benzene rings is 2. The van der Waals surface area contributed by atoms with Gasteiger partial charge in [-0.25, -0.2) is 8.42 Å². The third-order valence-electron chi connectivity index (χ3n) is 5.39. The Bertz CT molecular complexity index is 903. The van der Waals surface area contributed by atoms with Crippen molar-refractivity contribution in [3.05, 3.63) is 64.7 Å². The molecule has 0 bridgehead atoms. The van der Waals surface area contributed by atoms with Crippen molar-refractivity contribution < 1.29 is 13.2 Å². The number of piperazine rings is 1. The molecule has 2 aromatic carbocycles. The summed E-state index contributed by atoms with van der Waals surface area (Å²) in [5.74, 6) is 0.757. The van der Waals surface area contributed by atoms with Crippen LogP contribution < -0.4 is 10.1 Å². The Kier molecular flexibility index (Phi) is 7.57. The molecule has 1 aliphatic rings. The van der Waals surface area contributed by atoms with Gasteiger partial charge in [0.2, 0.25) is 0 Å². The van der Waals surface area contributed by atoms with E-state index in [-0.39, 0.29) is 6.04 Å². The second-order valence-corrected chi connectivity index (χ2v) is 10.5. The molecule has 0 radical (unpaired) electrons. The summed E-state index contributed by atoms with van der Waals surface area (Å²) in [7, 11) is -3.10. The van der Waals surface area contributed by atoms with E-state index in [9.17, 15) is 8.42 Å². The van der Waals surface area contributed by atoms with Crippen molar-refractivity contribution in [3.63, 3.8) is 0 Å². The molecule has 7 heteroatoms. The highest BCUT2D eigenvalue weighted by Gasteiger charge is 2.20. The summed E-state index contributed by atoms with van der Waals surface area (Å²) in [5.41, 5.74) is 2.04. The maximum atomic E-state index is 11.7. The standard InChI is InChI=1S/C22H29ClN2O3S/c1-17(29(2,26)27)19-6-8-22(9-7-19)28-16-21-15-25(13-11-24-21)12-10-18-4-3-5-20(23)14-18/h3-9,14,17,21,24H,10-13,15-16H2,1-2H3. The van der Waals surface area contributed by atoms with Gasteiger partial charge in [-0.1, -0.05) is 35.9 Å². The fraction of sp³-hybridized carbons (Fsp3) is 0.455. The Morgan fingerprint density at radius 1 is 1.24 bits per heavy atom. The SMILES string of the molecule is CC(c1ccc(OCC2CN(CCc3cccc(Cl)c3)CCN2)cc1)S(C)(=O)=O. The highest BCUT2D eigenvalue weighted by atomic mass is 35.5. The number of halogens is 1. The van der Waals surface area contributed by atoms with Gasteiger partial charge in [-0.2, -0.15) is 0 Å². The first-order valence-electron chi connectivity index (χ1n) is 9.93. The van der Waals surface area contributed by atoms with Crippen molar-refractivity contribution in [2.24, 2.45) is 0 Å². The van der Waals surface area contributed by atoms with Crippen LogP contribution in [0, 0.1) is 0 Å². The monoisotopic (exact) mass is 436 g/mol. The molecule has 0 spiro atoms. The highest BCUT2D eigenvalue weighted by Crippen LogP contribution is 2.23. The number of nitrogens with one attached hydrogen (secondary N) is 1. The van der Waals surface area contributed by atoms with Crippen LogP contribution in [-0.2, 0) is 16.3 Å². The van der Waals surface area contributed by atoms with E-state index in [0.717, 1.165) is 48.9 Å². The maximum Gasteiger partial charge on any atom is 0.154 e. The topological polar surface area (TPSA) is 58.6 Å². The quantitative estimate of drug-likeness (QED) is 0.687. The minimum absolute atomic E-state index is 0.262. The van der Waals surface area contributed by atoms with Gasteiger partial charge in [0.15, 0.2) is 9.84 Å². The van der Waals surface area contributed by atoms with Gasteiger partial charge in [0.05, 0.1) is 11.3 Å². The Hall–Kier alpha value is -1.60. The molecule has 2 aromatic rings. The molecule has 1 fully saturated rings. The highest BCUT2D eigenvalue weighted by molar-refractivity contribution is 7.90. The smallest absolute Gasteiger partial charge is 0.154 e. The molecule has 2 atom stereocenters. The van der Waals surface area contributed by atoms with Crippen molar-refractivity contribution >= 4 is 21.4 Å². The normalized spacial score (nSPS) is 19.1. The van der Waals surface area contributed by atoms with E-state index >= 15 is 0 Å². The van der Waals surface area contributed by atoms with Crippen molar-refractivity contribution in [2.45, 2.75) is 24.6 Å². The number of rotatable bonds is 8. The number of sulfone groups is 1. The fourth-order valence-electron chi connectivity index (χ4n) is 3.47. The zero-order valence-electron chi connectivity index (χ0n) is 17.0. The summed E-state index contributed by atoms with van der Waals surface area (Å²) in [5, 5.41) is 3.78. The van der Waals surface area contributed by atoms with Crippen molar-refractivity contribution in [1.29, 1.82) is 0 Å². The van der Waals surface area contributed by atoms with Gasteiger partial charge in [0.1, 0.15) is 12.4 Å². The van der Waals surface area contributed by atoms with Crippen molar-refractivity contribution in [1.82, 2.24) is 10.2 Å². The van der Waals surface area contributed by atoms with Crippen molar-refractivity contribution in [2.75, 3.05) is 39.0 Å². The number of ether oxygens (including phenoxy) is 1. The van der Waals surface area contributed by atoms with Crippen LogP contribution in [-0.4, -0.2) is 58.4 Å². The van der Waals surface area contributed by atoms with E-state index in [4.69, 9.17) is 16.3 Å². The Labute approximate surface area is 178 Å². The molecule has 3 rings (SSSR count). The summed E-state index contributed by atoms with van der Waals surface area (Å²) in [4.78, 5) is 2.45. The molecular formula is C22H29ClN2O3S. The van der Waals surface area contributed by atoms with E-state index in [1.54, 1.807) is 6.92 Å². The van der Waals surface area contributed by atoms with Gasteiger partial charge in [-0.15, -0.1) is 0 Å².